The molecule has 0 aliphatic carbocycles. The van der Waals surface area contributed by atoms with Crippen LogP contribution >= 0.6 is 0 Å². The van der Waals surface area contributed by atoms with Gasteiger partial charge in [-0.05, 0) is 34.9 Å². The lowest BCUT2D eigenvalue weighted by Gasteiger charge is -2.30. The minimum atomic E-state index is 0.0905. The molecule has 3 nitrogen and oxygen atoms in total. The van der Waals surface area contributed by atoms with E-state index in [0.717, 1.165) is 30.5 Å². The Morgan fingerprint density at radius 3 is 2.23 bits per heavy atom. The van der Waals surface area contributed by atoms with Gasteiger partial charge in [0.25, 0.3) is 5.91 Å². The first-order chi connectivity index (χ1) is 14.1. The molecule has 0 aromatic heterocycles. The van der Waals surface area contributed by atoms with E-state index >= 15 is 0 Å². The first kappa shape index (κ1) is 21.9. The van der Waals surface area contributed by atoms with E-state index < -0.39 is 0 Å². The van der Waals surface area contributed by atoms with Gasteiger partial charge in [-0.15, -0.1) is 0 Å². The minimum absolute atomic E-state index is 0.0905. The molecule has 3 heteroatoms. The first-order valence-corrected chi connectivity index (χ1v) is 10.7. The number of amides is 1. The molecule has 0 N–H and O–H groups in total. The molecule has 0 radical (unpaired) electrons. The molecule has 1 aliphatic heterocycles. The van der Waals surface area contributed by atoms with Gasteiger partial charge in [-0.3, -0.25) is 4.79 Å². The Morgan fingerprint density at radius 2 is 1.67 bits per heavy atom. The normalized spacial score (nSPS) is 18.2. The predicted octanol–water partition coefficient (Wildman–Crippen LogP) is 5.89. The highest BCUT2D eigenvalue weighted by Gasteiger charge is 2.37. The van der Waals surface area contributed by atoms with Crippen molar-refractivity contribution in [3.05, 3.63) is 84.2 Å². The van der Waals surface area contributed by atoms with Crippen molar-refractivity contribution in [2.24, 2.45) is 5.41 Å². The third kappa shape index (κ3) is 5.41. The number of benzene rings is 2. The lowest BCUT2D eigenvalue weighted by molar-refractivity contribution is -0.124. The van der Waals surface area contributed by atoms with E-state index in [9.17, 15) is 4.79 Å². The topological polar surface area (TPSA) is 23.6 Å². The molecule has 0 bridgehead atoms. The molecular formula is C27H34N2O. The SMILES string of the molecule is C=C(CC(C)(C)C)N1C(=O)/C(=C/N(C)C)C[C@H]1Cc1ccc(-c2ccccc2)cc1. The Hall–Kier alpha value is -2.81. The van der Waals surface area contributed by atoms with Crippen molar-refractivity contribution in [2.45, 2.75) is 46.1 Å². The summed E-state index contributed by atoms with van der Waals surface area (Å²) in [5.41, 5.74) is 5.54. The highest BCUT2D eigenvalue weighted by atomic mass is 16.2. The van der Waals surface area contributed by atoms with Crippen LogP contribution < -0.4 is 0 Å². The fourth-order valence-corrected chi connectivity index (χ4v) is 4.17. The van der Waals surface area contributed by atoms with Crippen molar-refractivity contribution in [1.82, 2.24) is 9.80 Å². The van der Waals surface area contributed by atoms with Crippen molar-refractivity contribution in [1.29, 1.82) is 0 Å². The van der Waals surface area contributed by atoms with Crippen LogP contribution in [0.25, 0.3) is 11.1 Å². The molecule has 1 aliphatic rings. The molecule has 0 spiro atoms. The summed E-state index contributed by atoms with van der Waals surface area (Å²) < 4.78 is 0. The van der Waals surface area contributed by atoms with Gasteiger partial charge in [0.05, 0.1) is 0 Å². The van der Waals surface area contributed by atoms with Gasteiger partial charge in [0, 0.05) is 44.0 Å². The molecular weight excluding hydrogens is 368 g/mol. The zero-order valence-corrected chi connectivity index (χ0v) is 19.0. The molecule has 2 aromatic rings. The van der Waals surface area contributed by atoms with Crippen molar-refractivity contribution in [2.75, 3.05) is 14.1 Å². The smallest absolute Gasteiger partial charge is 0.255 e. The van der Waals surface area contributed by atoms with Crippen molar-refractivity contribution in [3.8, 4) is 11.1 Å². The molecule has 30 heavy (non-hydrogen) atoms. The summed E-state index contributed by atoms with van der Waals surface area (Å²) in [5.74, 6) is 0.101. The predicted molar refractivity (Wildman–Crippen MR) is 126 cm³/mol. The molecule has 3 rings (SSSR count). The van der Waals surface area contributed by atoms with E-state index in [4.69, 9.17) is 0 Å². The van der Waals surface area contributed by atoms with Crippen molar-refractivity contribution >= 4 is 5.91 Å². The summed E-state index contributed by atoms with van der Waals surface area (Å²) in [6.07, 6.45) is 4.34. The average molecular weight is 403 g/mol. The van der Waals surface area contributed by atoms with Gasteiger partial charge < -0.3 is 9.80 Å². The number of allylic oxidation sites excluding steroid dienone is 1. The van der Waals surface area contributed by atoms with E-state index in [1.165, 1.54) is 16.7 Å². The average Bonchev–Trinajstić information content (AvgIpc) is 2.96. The Labute approximate surface area is 181 Å². The van der Waals surface area contributed by atoms with Gasteiger partial charge in [0.1, 0.15) is 0 Å². The van der Waals surface area contributed by atoms with E-state index in [2.05, 4.69) is 75.9 Å². The van der Waals surface area contributed by atoms with Crippen LogP contribution in [0, 0.1) is 5.41 Å². The van der Waals surface area contributed by atoms with Gasteiger partial charge in [-0.1, -0.05) is 81.9 Å². The van der Waals surface area contributed by atoms with Crippen LogP contribution in [-0.2, 0) is 11.2 Å². The van der Waals surface area contributed by atoms with Crippen LogP contribution in [0.3, 0.4) is 0 Å². The quantitative estimate of drug-likeness (QED) is 0.562. The summed E-state index contributed by atoms with van der Waals surface area (Å²) in [5, 5.41) is 0. The standard InChI is InChI=1S/C27H34N2O/c1-20(18-27(2,3)4)29-25(17-24(26(29)30)19-28(5)6)16-21-12-14-23(15-13-21)22-10-8-7-9-11-22/h7-15,19,25H,1,16-18H2,2-6H3/b24-19+/t25-/m1/s1. The van der Waals surface area contributed by atoms with Crippen molar-refractivity contribution < 1.29 is 4.79 Å². The van der Waals surface area contributed by atoms with E-state index in [-0.39, 0.29) is 17.4 Å². The first-order valence-electron chi connectivity index (χ1n) is 10.7. The number of hydrogen-bond donors (Lipinski definition) is 0. The Balaban J connectivity index is 1.82. The summed E-state index contributed by atoms with van der Waals surface area (Å²) in [6.45, 7) is 10.9. The lowest BCUT2D eigenvalue weighted by atomic mass is 9.90. The molecule has 0 unspecified atom stereocenters. The van der Waals surface area contributed by atoms with Crippen LogP contribution in [0.15, 0.2) is 78.6 Å². The summed E-state index contributed by atoms with van der Waals surface area (Å²) >= 11 is 0. The molecule has 1 amide bonds. The number of rotatable bonds is 6. The van der Waals surface area contributed by atoms with Crippen LogP contribution in [0.5, 0.6) is 0 Å². The van der Waals surface area contributed by atoms with E-state index in [1.54, 1.807) is 0 Å². The number of likely N-dealkylation sites (tertiary alicyclic amines) is 1. The third-order valence-electron chi connectivity index (χ3n) is 5.34. The Morgan fingerprint density at radius 1 is 1.07 bits per heavy atom. The zero-order chi connectivity index (χ0) is 21.9. The lowest BCUT2D eigenvalue weighted by Crippen LogP contribution is -2.35. The number of hydrogen-bond acceptors (Lipinski definition) is 2. The fraction of sp³-hybridized carbons (Fsp3) is 0.370. The molecule has 2 aromatic carbocycles. The highest BCUT2D eigenvalue weighted by Crippen LogP contribution is 2.35. The van der Waals surface area contributed by atoms with Gasteiger partial charge in [-0.25, -0.2) is 0 Å². The van der Waals surface area contributed by atoms with Crippen LogP contribution in [-0.4, -0.2) is 35.8 Å². The summed E-state index contributed by atoms with van der Waals surface area (Å²) in [6, 6.07) is 19.2. The second kappa shape index (κ2) is 8.91. The number of carbonyl (C=O) groups is 1. The van der Waals surface area contributed by atoms with Gasteiger partial charge in [0.2, 0.25) is 0 Å². The minimum Gasteiger partial charge on any atom is -0.383 e. The fourth-order valence-electron chi connectivity index (χ4n) is 4.17. The van der Waals surface area contributed by atoms with Gasteiger partial charge >= 0.3 is 0 Å². The molecule has 0 saturated carbocycles. The summed E-state index contributed by atoms with van der Waals surface area (Å²) in [4.78, 5) is 17.1. The number of nitrogens with zero attached hydrogens (tertiary/aromatic N) is 2. The third-order valence-corrected chi connectivity index (χ3v) is 5.34. The maximum Gasteiger partial charge on any atom is 0.255 e. The molecule has 1 saturated heterocycles. The molecule has 1 heterocycles. The van der Waals surface area contributed by atoms with E-state index in [1.807, 2.05) is 36.2 Å². The Bertz CT molecular complexity index is 918. The van der Waals surface area contributed by atoms with Crippen LogP contribution in [0.1, 0.15) is 39.2 Å². The maximum absolute atomic E-state index is 13.2. The molecule has 1 fully saturated rings. The second-order valence-electron chi connectivity index (χ2n) is 9.72. The summed E-state index contributed by atoms with van der Waals surface area (Å²) in [7, 11) is 3.93. The van der Waals surface area contributed by atoms with Gasteiger partial charge in [0.15, 0.2) is 0 Å². The van der Waals surface area contributed by atoms with Gasteiger partial charge in [-0.2, -0.15) is 0 Å². The number of carbonyl (C=O) groups excluding carboxylic acids is 1. The van der Waals surface area contributed by atoms with E-state index in [0.29, 0.717) is 0 Å². The van der Waals surface area contributed by atoms with Crippen molar-refractivity contribution in [3.63, 3.8) is 0 Å². The van der Waals surface area contributed by atoms with Crippen LogP contribution in [0.4, 0.5) is 0 Å². The largest absolute Gasteiger partial charge is 0.383 e. The maximum atomic E-state index is 13.2. The second-order valence-corrected chi connectivity index (χ2v) is 9.72. The monoisotopic (exact) mass is 402 g/mol. The highest BCUT2D eigenvalue weighted by molar-refractivity contribution is 5.97. The Kier molecular flexibility index (Phi) is 6.50. The molecule has 158 valence electrons. The molecule has 1 atom stereocenters. The zero-order valence-electron chi connectivity index (χ0n) is 19.0. The van der Waals surface area contributed by atoms with Crippen LogP contribution in [0.2, 0.25) is 0 Å².